The van der Waals surface area contributed by atoms with E-state index in [1.54, 1.807) is 6.92 Å². The van der Waals surface area contributed by atoms with E-state index in [-0.39, 0.29) is 11.5 Å². The minimum absolute atomic E-state index is 0.241. The number of hydrogen-bond donors (Lipinski definition) is 2. The van der Waals surface area contributed by atoms with Crippen LogP contribution in [0.1, 0.15) is 58.4 Å². The summed E-state index contributed by atoms with van der Waals surface area (Å²) in [5.74, 6) is -0.904. The normalized spacial score (nSPS) is 14.6. The third-order valence-electron chi connectivity index (χ3n) is 5.33. The summed E-state index contributed by atoms with van der Waals surface area (Å²) >= 11 is 2.90. The number of aromatic nitrogens is 2. The molecule has 9 heteroatoms. The van der Waals surface area contributed by atoms with Crippen LogP contribution in [0.25, 0.3) is 10.2 Å². The summed E-state index contributed by atoms with van der Waals surface area (Å²) in [6.45, 7) is 3.67. The van der Waals surface area contributed by atoms with Gasteiger partial charge in [0.05, 0.1) is 17.3 Å². The standard InChI is InChI=1S/C20H22N4O3S2/c1-3-11-8-13-18(28-11)22-9-24(20(13)27)10(2)17(26)23-19-15(16(21)25)12-6-4-5-7-14(12)29-19/h8-10H,3-7H2,1-2H3,(H2,21,25)(H,23,26). The number of carbonyl (C=O) groups is 2. The number of fused-ring (bicyclic) bond motifs is 2. The molecule has 1 unspecified atom stereocenters. The van der Waals surface area contributed by atoms with Crippen molar-refractivity contribution in [2.24, 2.45) is 5.73 Å². The maximum atomic E-state index is 12.9. The fourth-order valence-electron chi connectivity index (χ4n) is 3.69. The summed E-state index contributed by atoms with van der Waals surface area (Å²) in [6.07, 6.45) is 6.01. The third kappa shape index (κ3) is 3.49. The summed E-state index contributed by atoms with van der Waals surface area (Å²) in [5, 5.41) is 3.84. The van der Waals surface area contributed by atoms with Crippen molar-refractivity contribution in [3.05, 3.63) is 43.6 Å². The quantitative estimate of drug-likeness (QED) is 0.648. The lowest BCUT2D eigenvalue weighted by Gasteiger charge is -2.15. The lowest BCUT2D eigenvalue weighted by atomic mass is 9.95. The van der Waals surface area contributed by atoms with E-state index in [2.05, 4.69) is 10.3 Å². The van der Waals surface area contributed by atoms with Crippen molar-refractivity contribution in [2.75, 3.05) is 5.32 Å². The van der Waals surface area contributed by atoms with Crippen molar-refractivity contribution >= 4 is 49.7 Å². The average Bonchev–Trinajstić information content (AvgIpc) is 3.28. The Balaban J connectivity index is 1.65. The number of anilines is 1. The van der Waals surface area contributed by atoms with Gasteiger partial charge in [0, 0.05) is 9.75 Å². The zero-order chi connectivity index (χ0) is 20.7. The number of primary amides is 1. The monoisotopic (exact) mass is 430 g/mol. The molecular formula is C20H22N4O3S2. The van der Waals surface area contributed by atoms with Crippen molar-refractivity contribution in [1.29, 1.82) is 0 Å². The zero-order valence-corrected chi connectivity index (χ0v) is 17.9. The summed E-state index contributed by atoms with van der Waals surface area (Å²) in [4.78, 5) is 45.0. The van der Waals surface area contributed by atoms with Crippen LogP contribution in [0.15, 0.2) is 17.2 Å². The van der Waals surface area contributed by atoms with Crippen molar-refractivity contribution in [3.8, 4) is 0 Å². The summed E-state index contributed by atoms with van der Waals surface area (Å²) < 4.78 is 1.33. The Morgan fingerprint density at radius 2 is 2.07 bits per heavy atom. The Hall–Kier alpha value is -2.52. The third-order valence-corrected chi connectivity index (χ3v) is 7.72. The van der Waals surface area contributed by atoms with Gasteiger partial charge in [-0.25, -0.2) is 4.98 Å². The minimum Gasteiger partial charge on any atom is -0.365 e. The second kappa shape index (κ2) is 7.72. The van der Waals surface area contributed by atoms with Crippen LogP contribution in [0.4, 0.5) is 5.00 Å². The number of nitrogens with two attached hydrogens (primary N) is 1. The number of hydrogen-bond acceptors (Lipinski definition) is 6. The van der Waals surface area contributed by atoms with Crippen molar-refractivity contribution < 1.29 is 9.59 Å². The van der Waals surface area contributed by atoms with Crippen LogP contribution in [0.3, 0.4) is 0 Å². The van der Waals surface area contributed by atoms with Gasteiger partial charge in [0.2, 0.25) is 5.91 Å². The lowest BCUT2D eigenvalue weighted by Crippen LogP contribution is -2.32. The van der Waals surface area contributed by atoms with Crippen LogP contribution >= 0.6 is 22.7 Å². The molecule has 0 saturated carbocycles. The van der Waals surface area contributed by atoms with Crippen LogP contribution in [-0.4, -0.2) is 21.4 Å². The Labute approximate surface area is 175 Å². The van der Waals surface area contributed by atoms with Gasteiger partial charge in [0.25, 0.3) is 11.5 Å². The Bertz CT molecular complexity index is 1170. The SMILES string of the molecule is CCc1cc2c(=O)n(C(C)C(=O)Nc3sc4c(c3C(N)=O)CCCC4)cnc2s1. The van der Waals surface area contributed by atoms with Gasteiger partial charge < -0.3 is 11.1 Å². The van der Waals surface area contributed by atoms with Gasteiger partial charge in [-0.2, -0.15) is 0 Å². The topological polar surface area (TPSA) is 107 Å². The second-order valence-corrected chi connectivity index (χ2v) is 9.41. The molecule has 1 atom stereocenters. The molecule has 0 radical (unpaired) electrons. The predicted octanol–water partition coefficient (Wildman–Crippen LogP) is 3.26. The van der Waals surface area contributed by atoms with E-state index in [1.165, 1.54) is 33.6 Å². The molecule has 3 heterocycles. The van der Waals surface area contributed by atoms with E-state index in [0.717, 1.165) is 47.4 Å². The predicted molar refractivity (Wildman–Crippen MR) is 116 cm³/mol. The van der Waals surface area contributed by atoms with Crippen molar-refractivity contribution in [2.45, 2.75) is 52.0 Å². The van der Waals surface area contributed by atoms with E-state index in [0.29, 0.717) is 20.8 Å². The molecule has 1 aliphatic rings. The number of thiophene rings is 2. The first kappa shape index (κ1) is 19.8. The minimum atomic E-state index is -0.774. The maximum absolute atomic E-state index is 12.9. The van der Waals surface area contributed by atoms with E-state index in [1.807, 2.05) is 13.0 Å². The van der Waals surface area contributed by atoms with E-state index < -0.39 is 11.9 Å². The number of nitrogens with zero attached hydrogens (tertiary/aromatic N) is 2. The molecule has 3 aromatic rings. The number of nitrogens with one attached hydrogen (secondary N) is 1. The fraction of sp³-hybridized carbons (Fsp3) is 0.400. The van der Waals surface area contributed by atoms with Gasteiger partial charge >= 0.3 is 0 Å². The molecule has 0 bridgehead atoms. The molecule has 0 aliphatic heterocycles. The first-order valence-electron chi connectivity index (χ1n) is 9.65. The van der Waals surface area contributed by atoms with Crippen LogP contribution < -0.4 is 16.6 Å². The number of amides is 2. The molecule has 2 amide bonds. The summed E-state index contributed by atoms with van der Waals surface area (Å²) in [5.41, 5.74) is 6.73. The molecule has 4 rings (SSSR count). The first-order valence-corrected chi connectivity index (χ1v) is 11.3. The molecule has 0 spiro atoms. The second-order valence-electron chi connectivity index (χ2n) is 7.19. The molecule has 152 valence electrons. The van der Waals surface area contributed by atoms with E-state index >= 15 is 0 Å². The van der Waals surface area contributed by atoms with Gasteiger partial charge in [-0.05, 0) is 50.7 Å². The largest absolute Gasteiger partial charge is 0.365 e. The smallest absolute Gasteiger partial charge is 0.262 e. The Morgan fingerprint density at radius 3 is 2.79 bits per heavy atom. The molecule has 1 aliphatic carbocycles. The highest BCUT2D eigenvalue weighted by Crippen LogP contribution is 2.38. The molecule has 7 nitrogen and oxygen atoms in total. The fourth-order valence-corrected chi connectivity index (χ4v) is 5.92. The molecule has 0 saturated heterocycles. The highest BCUT2D eigenvalue weighted by molar-refractivity contribution is 7.18. The van der Waals surface area contributed by atoms with Crippen LogP contribution in [-0.2, 0) is 24.1 Å². The molecule has 0 aromatic carbocycles. The zero-order valence-electron chi connectivity index (χ0n) is 16.3. The maximum Gasteiger partial charge on any atom is 0.262 e. The Kier molecular flexibility index (Phi) is 5.26. The molecular weight excluding hydrogens is 408 g/mol. The van der Waals surface area contributed by atoms with Gasteiger partial charge in [-0.1, -0.05) is 6.92 Å². The van der Waals surface area contributed by atoms with Crippen molar-refractivity contribution in [1.82, 2.24) is 9.55 Å². The molecule has 29 heavy (non-hydrogen) atoms. The molecule has 3 N–H and O–H groups in total. The lowest BCUT2D eigenvalue weighted by molar-refractivity contribution is -0.118. The highest BCUT2D eigenvalue weighted by Gasteiger charge is 2.27. The summed E-state index contributed by atoms with van der Waals surface area (Å²) in [6, 6.07) is 1.07. The summed E-state index contributed by atoms with van der Waals surface area (Å²) in [7, 11) is 0. The van der Waals surface area contributed by atoms with E-state index in [4.69, 9.17) is 5.73 Å². The van der Waals surface area contributed by atoms with Crippen LogP contribution in [0.5, 0.6) is 0 Å². The highest BCUT2D eigenvalue weighted by atomic mass is 32.1. The Morgan fingerprint density at radius 1 is 1.31 bits per heavy atom. The van der Waals surface area contributed by atoms with Gasteiger partial charge in [0.1, 0.15) is 15.9 Å². The first-order chi connectivity index (χ1) is 13.9. The molecule has 0 fully saturated rings. The van der Waals surface area contributed by atoms with Crippen LogP contribution in [0, 0.1) is 0 Å². The van der Waals surface area contributed by atoms with Gasteiger partial charge in [-0.3, -0.25) is 19.0 Å². The van der Waals surface area contributed by atoms with Gasteiger partial charge in [-0.15, -0.1) is 22.7 Å². The number of carbonyl (C=O) groups excluding carboxylic acids is 2. The number of aryl methyl sites for hydroxylation is 2. The molecule has 3 aromatic heterocycles. The number of rotatable bonds is 5. The van der Waals surface area contributed by atoms with Crippen molar-refractivity contribution in [3.63, 3.8) is 0 Å². The van der Waals surface area contributed by atoms with Crippen LogP contribution in [0.2, 0.25) is 0 Å². The van der Waals surface area contributed by atoms with Gasteiger partial charge in [0.15, 0.2) is 0 Å². The van der Waals surface area contributed by atoms with E-state index in [9.17, 15) is 14.4 Å². The average molecular weight is 431 g/mol.